The van der Waals surface area contributed by atoms with Gasteiger partial charge in [-0.1, -0.05) is 26.8 Å². The average molecular weight is 324 g/mol. The van der Waals surface area contributed by atoms with E-state index in [0.717, 1.165) is 19.3 Å². The van der Waals surface area contributed by atoms with Crippen LogP contribution >= 0.6 is 0 Å². The quantitative estimate of drug-likeness (QED) is 0.445. The zero-order valence-corrected chi connectivity index (χ0v) is 15.6. The Balaban J connectivity index is 2.84. The fourth-order valence-corrected chi connectivity index (χ4v) is 3.31. The summed E-state index contributed by atoms with van der Waals surface area (Å²) in [5.41, 5.74) is -0.549. The summed E-state index contributed by atoms with van der Waals surface area (Å²) in [6, 6.07) is 0. The summed E-state index contributed by atoms with van der Waals surface area (Å²) in [5, 5.41) is 0. The minimum Gasteiger partial charge on any atom is -0.469 e. The molecule has 0 aromatic rings. The van der Waals surface area contributed by atoms with Gasteiger partial charge in [0, 0.05) is 6.08 Å². The third-order valence-electron chi connectivity index (χ3n) is 4.75. The summed E-state index contributed by atoms with van der Waals surface area (Å²) in [6.45, 7) is 12.0. The van der Waals surface area contributed by atoms with E-state index in [2.05, 4.69) is 20.8 Å². The Morgan fingerprint density at radius 3 is 2.30 bits per heavy atom. The van der Waals surface area contributed by atoms with Crippen LogP contribution < -0.4 is 0 Å². The first-order valence-corrected chi connectivity index (χ1v) is 8.45. The lowest BCUT2D eigenvalue weighted by atomic mass is 9.73. The minimum absolute atomic E-state index is 0.0673. The van der Waals surface area contributed by atoms with E-state index in [0.29, 0.717) is 5.92 Å². The lowest BCUT2D eigenvalue weighted by Gasteiger charge is -2.32. The molecule has 0 radical (unpaired) electrons. The summed E-state index contributed by atoms with van der Waals surface area (Å²) in [6.07, 6.45) is 6.18. The van der Waals surface area contributed by atoms with Crippen molar-refractivity contribution in [2.24, 2.45) is 23.2 Å². The first kappa shape index (κ1) is 19.7. The second-order valence-electron chi connectivity index (χ2n) is 8.38. The van der Waals surface area contributed by atoms with Crippen molar-refractivity contribution in [2.75, 3.05) is 7.11 Å². The topological polar surface area (TPSA) is 52.6 Å². The van der Waals surface area contributed by atoms with Crippen LogP contribution in [0.2, 0.25) is 0 Å². The van der Waals surface area contributed by atoms with Crippen molar-refractivity contribution >= 4 is 11.9 Å². The smallest absolute Gasteiger partial charge is 0.330 e. The highest BCUT2D eigenvalue weighted by atomic mass is 16.6. The van der Waals surface area contributed by atoms with Gasteiger partial charge in [0.1, 0.15) is 5.60 Å². The van der Waals surface area contributed by atoms with Gasteiger partial charge >= 0.3 is 11.9 Å². The summed E-state index contributed by atoms with van der Waals surface area (Å²) in [7, 11) is 1.45. The van der Waals surface area contributed by atoms with E-state index in [1.54, 1.807) is 6.08 Å². The zero-order chi connectivity index (χ0) is 17.8. The van der Waals surface area contributed by atoms with Gasteiger partial charge in [-0.15, -0.1) is 0 Å². The van der Waals surface area contributed by atoms with Crippen LogP contribution in [0.4, 0.5) is 0 Å². The molecular weight excluding hydrogens is 292 g/mol. The molecule has 0 bridgehead atoms. The van der Waals surface area contributed by atoms with Crippen LogP contribution in [0, 0.1) is 23.2 Å². The molecule has 0 aromatic carbocycles. The normalized spacial score (nSPS) is 28.2. The first-order chi connectivity index (χ1) is 10.5. The van der Waals surface area contributed by atoms with E-state index in [-0.39, 0.29) is 29.2 Å². The second-order valence-corrected chi connectivity index (χ2v) is 8.38. The van der Waals surface area contributed by atoms with Gasteiger partial charge < -0.3 is 9.47 Å². The summed E-state index contributed by atoms with van der Waals surface area (Å²) < 4.78 is 10.3. The Bertz CT molecular complexity index is 456. The van der Waals surface area contributed by atoms with Crippen molar-refractivity contribution in [1.29, 1.82) is 0 Å². The number of rotatable bonds is 3. The molecule has 1 aliphatic carbocycles. The molecule has 1 rings (SSSR count). The summed E-state index contributed by atoms with van der Waals surface area (Å²) in [5.74, 6) is 0.0289. The highest BCUT2D eigenvalue weighted by Crippen LogP contribution is 2.44. The fourth-order valence-electron chi connectivity index (χ4n) is 3.31. The molecule has 0 N–H and O–H groups in total. The maximum absolute atomic E-state index is 12.0. The molecule has 0 unspecified atom stereocenters. The van der Waals surface area contributed by atoms with E-state index in [1.165, 1.54) is 7.11 Å². The fraction of sp³-hybridized carbons (Fsp3) is 0.789. The number of ether oxygens (including phenoxy) is 2. The van der Waals surface area contributed by atoms with Gasteiger partial charge in [0.05, 0.1) is 13.0 Å². The number of methoxy groups -OCH3 is 1. The summed E-state index contributed by atoms with van der Waals surface area (Å²) >= 11 is 0. The van der Waals surface area contributed by atoms with E-state index < -0.39 is 5.60 Å². The number of hydrogen-bond donors (Lipinski definition) is 0. The molecule has 132 valence electrons. The second kappa shape index (κ2) is 7.50. The Hall–Kier alpha value is -1.32. The Morgan fingerprint density at radius 2 is 1.78 bits per heavy atom. The molecule has 23 heavy (non-hydrogen) atoms. The monoisotopic (exact) mass is 324 g/mol. The van der Waals surface area contributed by atoms with Gasteiger partial charge in [-0.2, -0.15) is 0 Å². The van der Waals surface area contributed by atoms with Crippen LogP contribution in [-0.4, -0.2) is 24.6 Å². The molecule has 0 aliphatic heterocycles. The molecule has 0 heterocycles. The molecule has 4 heteroatoms. The third kappa shape index (κ3) is 6.00. The predicted molar refractivity (Wildman–Crippen MR) is 90.8 cm³/mol. The van der Waals surface area contributed by atoms with Crippen LogP contribution in [0.25, 0.3) is 0 Å². The van der Waals surface area contributed by atoms with Crippen LogP contribution in [0.15, 0.2) is 12.2 Å². The average Bonchev–Trinajstić information content (AvgIpc) is 2.51. The van der Waals surface area contributed by atoms with Gasteiger partial charge in [-0.3, -0.25) is 4.79 Å². The molecule has 0 aromatic heterocycles. The molecule has 0 spiro atoms. The zero-order valence-electron chi connectivity index (χ0n) is 15.6. The molecule has 1 fully saturated rings. The van der Waals surface area contributed by atoms with Gasteiger partial charge in [0.2, 0.25) is 0 Å². The molecule has 1 aliphatic rings. The van der Waals surface area contributed by atoms with Gasteiger partial charge in [0.25, 0.3) is 0 Å². The minimum atomic E-state index is -0.481. The number of carbonyl (C=O) groups is 2. The predicted octanol–water partition coefficient (Wildman–Crippen LogP) is 4.14. The molecule has 4 nitrogen and oxygen atoms in total. The van der Waals surface area contributed by atoms with Crippen molar-refractivity contribution < 1.29 is 19.1 Å². The van der Waals surface area contributed by atoms with Crippen LogP contribution in [-0.2, 0) is 19.1 Å². The number of carbonyl (C=O) groups excluding carboxylic acids is 2. The Kier molecular flexibility index (Phi) is 6.43. The van der Waals surface area contributed by atoms with Crippen molar-refractivity contribution in [2.45, 2.75) is 66.4 Å². The SMILES string of the molecule is COC(=O)[C@H]1CC(C)(C)[C@@H](/C=C/C(=O)OC(C)(C)C)CC[C@H]1C. The van der Waals surface area contributed by atoms with E-state index in [9.17, 15) is 9.59 Å². The first-order valence-electron chi connectivity index (χ1n) is 8.45. The van der Waals surface area contributed by atoms with Crippen molar-refractivity contribution in [3.05, 3.63) is 12.2 Å². The largest absolute Gasteiger partial charge is 0.469 e. The summed E-state index contributed by atoms with van der Waals surface area (Å²) in [4.78, 5) is 23.9. The van der Waals surface area contributed by atoms with E-state index >= 15 is 0 Å². The van der Waals surface area contributed by atoms with E-state index in [1.807, 2.05) is 26.8 Å². The van der Waals surface area contributed by atoms with Crippen LogP contribution in [0.1, 0.15) is 60.8 Å². The maximum Gasteiger partial charge on any atom is 0.330 e. The molecular formula is C19H32O4. The molecule has 0 amide bonds. The molecule has 3 atom stereocenters. The third-order valence-corrected chi connectivity index (χ3v) is 4.75. The lowest BCUT2D eigenvalue weighted by molar-refractivity contribution is -0.149. The number of esters is 2. The Morgan fingerprint density at radius 1 is 1.17 bits per heavy atom. The standard InChI is InChI=1S/C19H32O4/c1-13-8-9-14(10-11-16(20)23-18(2,3)4)19(5,6)12-15(13)17(21)22-7/h10-11,13-15H,8-9,12H2,1-7H3/b11-10+/t13-,14-,15+/m1/s1. The van der Waals surface area contributed by atoms with E-state index in [4.69, 9.17) is 9.47 Å². The highest BCUT2D eigenvalue weighted by molar-refractivity contribution is 5.82. The van der Waals surface area contributed by atoms with Gasteiger partial charge in [-0.05, 0) is 57.3 Å². The molecule has 0 saturated heterocycles. The van der Waals surface area contributed by atoms with Crippen LogP contribution in [0.5, 0.6) is 0 Å². The highest BCUT2D eigenvalue weighted by Gasteiger charge is 2.39. The van der Waals surface area contributed by atoms with Crippen molar-refractivity contribution in [1.82, 2.24) is 0 Å². The van der Waals surface area contributed by atoms with Crippen molar-refractivity contribution in [3.8, 4) is 0 Å². The van der Waals surface area contributed by atoms with Crippen LogP contribution in [0.3, 0.4) is 0 Å². The Labute approximate surface area is 140 Å². The van der Waals surface area contributed by atoms with Crippen molar-refractivity contribution in [3.63, 3.8) is 0 Å². The van der Waals surface area contributed by atoms with Gasteiger partial charge in [-0.25, -0.2) is 4.79 Å². The number of hydrogen-bond acceptors (Lipinski definition) is 4. The van der Waals surface area contributed by atoms with Gasteiger partial charge in [0.15, 0.2) is 0 Å². The lowest BCUT2D eigenvalue weighted by Crippen LogP contribution is -2.29. The maximum atomic E-state index is 12.0. The number of allylic oxidation sites excluding steroid dienone is 1. The molecule has 1 saturated carbocycles.